The summed E-state index contributed by atoms with van der Waals surface area (Å²) >= 11 is 0. The molecule has 0 saturated carbocycles. The fourth-order valence-electron chi connectivity index (χ4n) is 4.84. The lowest BCUT2D eigenvalue weighted by atomic mass is 9.99. The maximum atomic E-state index is 13.7. The van der Waals surface area contributed by atoms with Crippen molar-refractivity contribution in [2.24, 2.45) is 5.92 Å². The van der Waals surface area contributed by atoms with E-state index < -0.39 is 12.1 Å². The summed E-state index contributed by atoms with van der Waals surface area (Å²) < 4.78 is 17.1. The summed E-state index contributed by atoms with van der Waals surface area (Å²) in [5.41, 5.74) is 1.34. The molecule has 2 aliphatic heterocycles. The molecular formula is C30H41N5O7. The lowest BCUT2D eigenvalue weighted by molar-refractivity contribution is -0.116. The van der Waals surface area contributed by atoms with Crippen molar-refractivity contribution in [1.29, 1.82) is 0 Å². The van der Waals surface area contributed by atoms with Gasteiger partial charge in [-0.15, -0.1) is 0 Å². The van der Waals surface area contributed by atoms with Crippen molar-refractivity contribution >= 4 is 29.2 Å². The fourth-order valence-corrected chi connectivity index (χ4v) is 4.84. The smallest absolute Gasteiger partial charge is 0.321 e. The minimum absolute atomic E-state index is 0.141. The molecule has 42 heavy (non-hydrogen) atoms. The quantitative estimate of drug-likeness (QED) is 0.389. The highest BCUT2D eigenvalue weighted by atomic mass is 16.7. The molecular weight excluding hydrogens is 542 g/mol. The van der Waals surface area contributed by atoms with Crippen LogP contribution in [0, 0.1) is 5.92 Å². The number of ether oxygens (including phenoxy) is 3. The van der Waals surface area contributed by atoms with E-state index in [9.17, 15) is 19.5 Å². The van der Waals surface area contributed by atoms with E-state index in [1.54, 1.807) is 55.3 Å². The Bertz CT molecular complexity index is 1290. The average Bonchev–Trinajstić information content (AvgIpc) is 3.42. The molecule has 0 aliphatic carbocycles. The SMILES string of the molecule is C[C@@H]1CN([C@H](C)CO)C(=O)c2cc(NC(=O)CCCN(C)C)ccc2O[C@@H]1CN(C)C(=O)Nc1ccc2c(c1)OCO2. The van der Waals surface area contributed by atoms with Crippen LogP contribution in [0.2, 0.25) is 0 Å². The first-order valence-electron chi connectivity index (χ1n) is 14.1. The Morgan fingerprint density at radius 3 is 2.45 bits per heavy atom. The molecule has 3 N–H and O–H groups in total. The van der Waals surface area contributed by atoms with Crippen LogP contribution in [-0.4, -0.2) is 104 Å². The fraction of sp³-hybridized carbons (Fsp3) is 0.500. The summed E-state index contributed by atoms with van der Waals surface area (Å²) in [6.07, 6.45) is 0.598. The first-order chi connectivity index (χ1) is 20.0. The molecule has 0 fully saturated rings. The molecule has 0 unspecified atom stereocenters. The van der Waals surface area contributed by atoms with Crippen LogP contribution in [0.5, 0.6) is 17.2 Å². The van der Waals surface area contributed by atoms with E-state index in [1.165, 1.54) is 4.90 Å². The molecule has 0 spiro atoms. The number of nitrogens with one attached hydrogen (secondary N) is 2. The summed E-state index contributed by atoms with van der Waals surface area (Å²) in [7, 11) is 5.58. The third-order valence-corrected chi connectivity index (χ3v) is 7.38. The van der Waals surface area contributed by atoms with Gasteiger partial charge in [0.25, 0.3) is 5.91 Å². The second-order valence-electron chi connectivity index (χ2n) is 11.2. The summed E-state index contributed by atoms with van der Waals surface area (Å²) in [6, 6.07) is 9.39. The first-order valence-corrected chi connectivity index (χ1v) is 14.1. The van der Waals surface area contributed by atoms with Gasteiger partial charge in [0.1, 0.15) is 11.9 Å². The molecule has 228 valence electrons. The number of fused-ring (bicyclic) bond motifs is 2. The van der Waals surface area contributed by atoms with Crippen LogP contribution < -0.4 is 24.8 Å². The predicted molar refractivity (Wildman–Crippen MR) is 158 cm³/mol. The predicted octanol–water partition coefficient (Wildman–Crippen LogP) is 3.08. The third-order valence-electron chi connectivity index (χ3n) is 7.38. The van der Waals surface area contributed by atoms with E-state index in [0.717, 1.165) is 6.54 Å². The highest BCUT2D eigenvalue weighted by molar-refractivity contribution is 6.00. The third kappa shape index (κ3) is 7.62. The van der Waals surface area contributed by atoms with Gasteiger partial charge in [-0.2, -0.15) is 0 Å². The zero-order valence-corrected chi connectivity index (χ0v) is 24.9. The number of likely N-dealkylation sites (N-methyl/N-ethyl adjacent to an activating group) is 1. The Kier molecular flexibility index (Phi) is 10.1. The van der Waals surface area contributed by atoms with Gasteiger partial charge in [-0.25, -0.2) is 4.79 Å². The number of carbonyl (C=O) groups is 3. The molecule has 0 radical (unpaired) electrons. The number of rotatable bonds is 10. The summed E-state index contributed by atoms with van der Waals surface area (Å²) in [6.45, 7) is 5.00. The van der Waals surface area contributed by atoms with Gasteiger partial charge in [0, 0.05) is 43.4 Å². The molecule has 4 rings (SSSR count). The van der Waals surface area contributed by atoms with Crippen molar-refractivity contribution in [1.82, 2.24) is 14.7 Å². The number of urea groups is 1. The Morgan fingerprint density at radius 1 is 1.05 bits per heavy atom. The number of amides is 4. The van der Waals surface area contributed by atoms with E-state index in [2.05, 4.69) is 10.6 Å². The highest BCUT2D eigenvalue weighted by Crippen LogP contribution is 2.34. The highest BCUT2D eigenvalue weighted by Gasteiger charge is 2.34. The van der Waals surface area contributed by atoms with Crippen LogP contribution in [0.25, 0.3) is 0 Å². The topological polar surface area (TPSA) is 133 Å². The van der Waals surface area contributed by atoms with E-state index in [4.69, 9.17) is 14.2 Å². The number of nitrogens with zero attached hydrogens (tertiary/aromatic N) is 3. The molecule has 12 nitrogen and oxygen atoms in total. The van der Waals surface area contributed by atoms with Crippen LogP contribution in [0.3, 0.4) is 0 Å². The van der Waals surface area contributed by atoms with Crippen LogP contribution in [0.15, 0.2) is 36.4 Å². The number of aliphatic hydroxyl groups is 1. The number of aliphatic hydroxyl groups excluding tert-OH is 1. The number of hydrogen-bond acceptors (Lipinski definition) is 8. The normalized spacial score (nSPS) is 18.5. The van der Waals surface area contributed by atoms with Crippen molar-refractivity contribution in [3.8, 4) is 17.2 Å². The van der Waals surface area contributed by atoms with E-state index in [1.807, 2.05) is 25.9 Å². The second kappa shape index (κ2) is 13.8. The van der Waals surface area contributed by atoms with E-state index in [0.29, 0.717) is 48.0 Å². The largest absolute Gasteiger partial charge is 0.487 e. The zero-order valence-electron chi connectivity index (χ0n) is 24.9. The van der Waals surface area contributed by atoms with Crippen molar-refractivity contribution in [2.75, 3.05) is 64.8 Å². The minimum atomic E-state index is -0.468. The maximum Gasteiger partial charge on any atom is 0.321 e. The molecule has 2 heterocycles. The molecule has 3 atom stereocenters. The molecule has 12 heteroatoms. The van der Waals surface area contributed by atoms with Crippen LogP contribution >= 0.6 is 0 Å². The molecule has 0 bridgehead atoms. The van der Waals surface area contributed by atoms with Crippen molar-refractivity contribution in [2.45, 2.75) is 38.8 Å². The molecule has 4 amide bonds. The van der Waals surface area contributed by atoms with Crippen LogP contribution in [0.1, 0.15) is 37.0 Å². The molecule has 2 aliphatic rings. The maximum absolute atomic E-state index is 13.7. The van der Waals surface area contributed by atoms with Crippen molar-refractivity contribution in [3.05, 3.63) is 42.0 Å². The van der Waals surface area contributed by atoms with Gasteiger partial charge >= 0.3 is 6.03 Å². The monoisotopic (exact) mass is 583 g/mol. The Balaban J connectivity index is 1.50. The number of carbonyl (C=O) groups excluding carboxylic acids is 3. The van der Waals surface area contributed by atoms with Gasteiger partial charge in [-0.1, -0.05) is 6.92 Å². The molecule has 2 aromatic carbocycles. The molecule has 2 aromatic rings. The van der Waals surface area contributed by atoms with E-state index in [-0.39, 0.29) is 49.3 Å². The van der Waals surface area contributed by atoms with Gasteiger partial charge in [0.05, 0.1) is 24.8 Å². The summed E-state index contributed by atoms with van der Waals surface area (Å²) in [5.74, 6) is 0.929. The van der Waals surface area contributed by atoms with Gasteiger partial charge in [-0.3, -0.25) is 9.59 Å². The van der Waals surface area contributed by atoms with Gasteiger partial charge < -0.3 is 44.7 Å². The summed E-state index contributed by atoms with van der Waals surface area (Å²) in [4.78, 5) is 44.4. The number of hydrogen-bond donors (Lipinski definition) is 3. The van der Waals surface area contributed by atoms with Crippen molar-refractivity contribution < 1.29 is 33.7 Å². The molecule has 0 saturated heterocycles. The molecule has 0 aromatic heterocycles. The Hall–Kier alpha value is -4.03. The van der Waals surface area contributed by atoms with Gasteiger partial charge in [0.2, 0.25) is 12.7 Å². The zero-order chi connectivity index (χ0) is 30.4. The van der Waals surface area contributed by atoms with Crippen molar-refractivity contribution in [3.63, 3.8) is 0 Å². The Morgan fingerprint density at radius 2 is 1.74 bits per heavy atom. The lowest BCUT2D eigenvalue weighted by Crippen LogP contribution is -2.50. The van der Waals surface area contributed by atoms with Gasteiger partial charge in [-0.05, 0) is 64.3 Å². The summed E-state index contributed by atoms with van der Waals surface area (Å²) in [5, 5.41) is 15.7. The first kappa shape index (κ1) is 30.9. The Labute approximate surface area is 246 Å². The van der Waals surface area contributed by atoms with Crippen LogP contribution in [0.4, 0.5) is 16.2 Å². The average molecular weight is 584 g/mol. The number of benzene rings is 2. The van der Waals surface area contributed by atoms with Gasteiger partial charge in [0.15, 0.2) is 11.5 Å². The number of anilines is 2. The standard InChI is InChI=1S/C30H41N5O7/c1-19-15-35(20(2)17-36)29(38)23-13-21(31-28(37)7-6-12-33(3)4)8-10-24(23)42-27(19)16-34(5)30(39)32-22-9-11-25-26(14-22)41-18-40-25/h8-11,13-14,19-20,27,36H,6-7,12,15-18H2,1-5H3,(H,31,37)(H,32,39)/t19-,20-,27-/m1/s1. The second-order valence-corrected chi connectivity index (χ2v) is 11.2. The lowest BCUT2D eigenvalue weighted by Gasteiger charge is -2.38. The van der Waals surface area contributed by atoms with E-state index >= 15 is 0 Å². The van der Waals surface area contributed by atoms with Crippen LogP contribution in [-0.2, 0) is 4.79 Å². The minimum Gasteiger partial charge on any atom is -0.487 e.